The van der Waals surface area contributed by atoms with E-state index in [1.165, 1.54) is 16.7 Å². The molecule has 1 saturated heterocycles. The molecule has 0 aromatic heterocycles. The topological polar surface area (TPSA) is 167 Å². The first-order valence-electron chi connectivity index (χ1n) is 11.3. The molecular formula is C22H25F3N4O7S3. The molecule has 2 aromatic rings. The van der Waals surface area contributed by atoms with E-state index in [4.69, 9.17) is 10.2 Å². The Kier molecular flexibility index (Phi) is 9.40. The third-order valence-electron chi connectivity index (χ3n) is 5.75. The van der Waals surface area contributed by atoms with E-state index in [1.54, 1.807) is 30.3 Å². The smallest absolute Gasteiger partial charge is 0.465 e. The number of primary sulfonamides is 1. The number of carbonyl (C=O) groups excluding carboxylic acids is 1. The van der Waals surface area contributed by atoms with Crippen molar-refractivity contribution in [2.24, 2.45) is 5.14 Å². The van der Waals surface area contributed by atoms with E-state index in [9.17, 15) is 39.6 Å². The van der Waals surface area contributed by atoms with Crippen molar-refractivity contribution in [3.63, 3.8) is 0 Å². The molecule has 3 rings (SSSR count). The molecule has 214 valence electrons. The molecule has 0 saturated carbocycles. The number of sulfonamides is 1. The van der Waals surface area contributed by atoms with Gasteiger partial charge in [0.15, 0.2) is 0 Å². The van der Waals surface area contributed by atoms with Crippen molar-refractivity contribution in [3.05, 3.63) is 48.5 Å². The lowest BCUT2D eigenvalue weighted by Crippen LogP contribution is -2.51. The normalized spacial score (nSPS) is 15.6. The van der Waals surface area contributed by atoms with Crippen LogP contribution in [0.25, 0.3) is 0 Å². The number of thioether (sulfide) groups is 1. The number of rotatable bonds is 9. The SMILES string of the molecule is NS(=O)(=O)c1ccc(NC(CSc2ccccc2)CC(=O)N2CCN(C(=O)O)CC2)c(S(=O)(=O)C(F)(F)F)c1. The second-order valence-electron chi connectivity index (χ2n) is 8.47. The lowest BCUT2D eigenvalue weighted by molar-refractivity contribution is -0.132. The van der Waals surface area contributed by atoms with Crippen LogP contribution in [0.4, 0.5) is 23.7 Å². The number of piperazine rings is 1. The van der Waals surface area contributed by atoms with Crippen LogP contribution in [0.15, 0.2) is 63.2 Å². The van der Waals surface area contributed by atoms with Crippen LogP contribution in [0, 0.1) is 0 Å². The van der Waals surface area contributed by atoms with Crippen molar-refractivity contribution in [2.45, 2.75) is 32.7 Å². The molecule has 0 radical (unpaired) electrons. The van der Waals surface area contributed by atoms with E-state index in [-0.39, 0.29) is 38.4 Å². The molecule has 0 aliphatic carbocycles. The molecule has 1 unspecified atom stereocenters. The minimum absolute atomic E-state index is 0.0843. The van der Waals surface area contributed by atoms with Crippen LogP contribution in [0.5, 0.6) is 0 Å². The van der Waals surface area contributed by atoms with Gasteiger partial charge in [0, 0.05) is 49.3 Å². The van der Waals surface area contributed by atoms with Crippen molar-refractivity contribution in [3.8, 4) is 0 Å². The molecule has 1 aliphatic heterocycles. The molecule has 4 N–H and O–H groups in total. The summed E-state index contributed by atoms with van der Waals surface area (Å²) in [5.74, 6) is -0.305. The van der Waals surface area contributed by atoms with Gasteiger partial charge in [0.05, 0.1) is 10.6 Å². The van der Waals surface area contributed by atoms with Crippen molar-refractivity contribution in [1.29, 1.82) is 0 Å². The van der Waals surface area contributed by atoms with Gasteiger partial charge in [-0.1, -0.05) is 18.2 Å². The van der Waals surface area contributed by atoms with Gasteiger partial charge in [0.2, 0.25) is 15.9 Å². The molecule has 2 aromatic carbocycles. The zero-order valence-electron chi connectivity index (χ0n) is 20.2. The van der Waals surface area contributed by atoms with Gasteiger partial charge < -0.3 is 20.2 Å². The lowest BCUT2D eigenvalue weighted by Gasteiger charge is -2.34. The van der Waals surface area contributed by atoms with Crippen LogP contribution in [-0.4, -0.2) is 87.2 Å². The summed E-state index contributed by atoms with van der Waals surface area (Å²) in [6.07, 6.45) is -1.39. The number of alkyl halides is 3. The number of nitrogens with two attached hydrogens (primary N) is 1. The maximum Gasteiger partial charge on any atom is 0.501 e. The Labute approximate surface area is 227 Å². The van der Waals surface area contributed by atoms with E-state index in [0.717, 1.165) is 21.9 Å². The summed E-state index contributed by atoms with van der Waals surface area (Å²) >= 11 is 1.26. The molecule has 0 bridgehead atoms. The molecule has 1 aliphatic rings. The number of hydrogen-bond acceptors (Lipinski definition) is 8. The van der Waals surface area contributed by atoms with Gasteiger partial charge in [-0.15, -0.1) is 11.8 Å². The highest BCUT2D eigenvalue weighted by Crippen LogP contribution is 2.36. The fourth-order valence-corrected chi connectivity index (χ4v) is 6.22. The number of hydrogen-bond donors (Lipinski definition) is 3. The second-order valence-corrected chi connectivity index (χ2v) is 13.0. The second kappa shape index (κ2) is 12.0. The first-order valence-corrected chi connectivity index (χ1v) is 15.3. The number of amides is 2. The summed E-state index contributed by atoms with van der Waals surface area (Å²) in [5.41, 5.74) is -6.30. The number of benzene rings is 2. The van der Waals surface area contributed by atoms with Crippen LogP contribution in [0.1, 0.15) is 6.42 Å². The number of carbonyl (C=O) groups is 2. The largest absolute Gasteiger partial charge is 0.501 e. The number of anilines is 1. The predicted octanol–water partition coefficient (Wildman–Crippen LogP) is 2.41. The first-order chi connectivity index (χ1) is 18.1. The van der Waals surface area contributed by atoms with Crippen molar-refractivity contribution in [1.82, 2.24) is 9.80 Å². The molecule has 39 heavy (non-hydrogen) atoms. The maximum atomic E-state index is 13.5. The molecule has 2 amide bonds. The predicted molar refractivity (Wildman–Crippen MR) is 136 cm³/mol. The standard InChI is InChI=1S/C22H25F3N4O7S3/c23-22(24,25)38(33,34)19-13-17(39(26,35)36)6-7-18(19)27-15(14-37-16-4-2-1-3-5-16)12-20(30)28-8-10-29(11-9-28)21(31)32/h1-7,13,15,27H,8-12,14H2,(H,31,32)(H2,26,35,36). The van der Waals surface area contributed by atoms with Gasteiger partial charge in [-0.3, -0.25) is 4.79 Å². The minimum Gasteiger partial charge on any atom is -0.465 e. The van der Waals surface area contributed by atoms with Gasteiger partial charge >= 0.3 is 11.6 Å². The molecule has 1 fully saturated rings. The summed E-state index contributed by atoms with van der Waals surface area (Å²) in [6, 6.07) is 9.99. The van der Waals surface area contributed by atoms with Crippen molar-refractivity contribution in [2.75, 3.05) is 37.2 Å². The zero-order valence-corrected chi connectivity index (χ0v) is 22.6. The van der Waals surface area contributed by atoms with E-state index < -0.39 is 58.9 Å². The summed E-state index contributed by atoms with van der Waals surface area (Å²) < 4.78 is 88.5. The number of nitrogens with one attached hydrogen (secondary N) is 1. The van der Waals surface area contributed by atoms with Crippen molar-refractivity contribution >= 4 is 49.3 Å². The summed E-state index contributed by atoms with van der Waals surface area (Å²) in [6.45, 7) is 0.392. The lowest BCUT2D eigenvalue weighted by atomic mass is 10.1. The summed E-state index contributed by atoms with van der Waals surface area (Å²) in [7, 11) is -10.5. The quantitative estimate of drug-likeness (QED) is 0.361. The molecule has 1 atom stereocenters. The number of carboxylic acid groups (broad SMARTS) is 1. The van der Waals surface area contributed by atoms with Crippen LogP contribution in [0.2, 0.25) is 0 Å². The zero-order chi connectivity index (χ0) is 29.0. The van der Waals surface area contributed by atoms with Gasteiger partial charge in [-0.2, -0.15) is 13.2 Å². The fraction of sp³-hybridized carbons (Fsp3) is 0.364. The Bertz CT molecular complexity index is 1410. The van der Waals surface area contributed by atoms with Crippen LogP contribution < -0.4 is 10.5 Å². The van der Waals surface area contributed by atoms with Gasteiger partial charge in [0.1, 0.15) is 4.90 Å². The van der Waals surface area contributed by atoms with E-state index in [2.05, 4.69) is 5.32 Å². The highest BCUT2D eigenvalue weighted by atomic mass is 32.2. The third kappa shape index (κ3) is 7.77. The molecule has 0 spiro atoms. The maximum absolute atomic E-state index is 13.5. The highest BCUT2D eigenvalue weighted by molar-refractivity contribution is 7.99. The van der Waals surface area contributed by atoms with E-state index >= 15 is 0 Å². The monoisotopic (exact) mass is 610 g/mol. The number of nitrogens with zero attached hydrogens (tertiary/aromatic N) is 2. The van der Waals surface area contributed by atoms with Crippen LogP contribution in [0.3, 0.4) is 0 Å². The number of sulfone groups is 1. The Balaban J connectivity index is 1.92. The number of halogens is 3. The van der Waals surface area contributed by atoms with Gasteiger partial charge in [-0.05, 0) is 30.3 Å². The Morgan fingerprint density at radius 1 is 1.00 bits per heavy atom. The van der Waals surface area contributed by atoms with E-state index in [1.807, 2.05) is 0 Å². The fourth-order valence-electron chi connectivity index (χ4n) is 3.72. The first kappa shape index (κ1) is 30.5. The van der Waals surface area contributed by atoms with Crippen molar-refractivity contribution < 1.29 is 44.7 Å². The van der Waals surface area contributed by atoms with Gasteiger partial charge in [0.25, 0.3) is 9.84 Å². The average molecular weight is 611 g/mol. The Morgan fingerprint density at radius 2 is 1.59 bits per heavy atom. The average Bonchev–Trinajstić information content (AvgIpc) is 2.86. The Morgan fingerprint density at radius 3 is 2.13 bits per heavy atom. The molecule has 11 nitrogen and oxygen atoms in total. The van der Waals surface area contributed by atoms with Crippen LogP contribution >= 0.6 is 11.8 Å². The van der Waals surface area contributed by atoms with E-state index in [0.29, 0.717) is 6.07 Å². The summed E-state index contributed by atoms with van der Waals surface area (Å²) in [5, 5.41) is 16.8. The van der Waals surface area contributed by atoms with Crippen LogP contribution in [-0.2, 0) is 24.7 Å². The summed E-state index contributed by atoms with van der Waals surface area (Å²) in [4.78, 5) is 25.3. The third-order valence-corrected chi connectivity index (χ3v) is 9.37. The Hall–Kier alpha value is -3.02. The molecule has 17 heteroatoms. The molecule has 1 heterocycles. The van der Waals surface area contributed by atoms with Gasteiger partial charge in [-0.25, -0.2) is 26.8 Å². The highest BCUT2D eigenvalue weighted by Gasteiger charge is 2.48. The minimum atomic E-state index is -6.01. The molecular weight excluding hydrogens is 585 g/mol.